The van der Waals surface area contributed by atoms with Crippen LogP contribution >= 0.6 is 39.1 Å². The second kappa shape index (κ2) is 13.0. The van der Waals surface area contributed by atoms with E-state index in [1.54, 1.807) is 25.1 Å². The first kappa shape index (κ1) is 30.0. The summed E-state index contributed by atoms with van der Waals surface area (Å²) in [6, 6.07) is 18.4. The third-order valence-corrected chi connectivity index (χ3v) is 8.51. The molecule has 3 aromatic carbocycles. The predicted octanol–water partition coefficient (Wildman–Crippen LogP) is 5.89. The van der Waals surface area contributed by atoms with Gasteiger partial charge in [0.15, 0.2) is 0 Å². The first-order valence-electron chi connectivity index (χ1n) is 11.8. The van der Waals surface area contributed by atoms with Crippen LogP contribution in [-0.2, 0) is 26.2 Å². The van der Waals surface area contributed by atoms with Gasteiger partial charge in [0.2, 0.25) is 11.8 Å². The monoisotopic (exact) mass is 639 g/mol. The molecule has 0 unspecified atom stereocenters. The van der Waals surface area contributed by atoms with Crippen molar-refractivity contribution < 1.29 is 18.0 Å². The number of nitrogens with zero attached hydrogens (tertiary/aromatic N) is 2. The number of carbonyl (C=O) groups is 2. The first-order valence-corrected chi connectivity index (χ1v) is 14.8. The molecule has 38 heavy (non-hydrogen) atoms. The van der Waals surface area contributed by atoms with E-state index >= 15 is 0 Å². The summed E-state index contributed by atoms with van der Waals surface area (Å²) < 4.78 is 29.3. The van der Waals surface area contributed by atoms with Gasteiger partial charge >= 0.3 is 0 Å². The van der Waals surface area contributed by atoms with Gasteiger partial charge in [-0.25, -0.2) is 8.42 Å². The Hall–Kier alpha value is -2.59. The fourth-order valence-electron chi connectivity index (χ4n) is 3.68. The zero-order chi connectivity index (χ0) is 28.0. The Kier molecular flexibility index (Phi) is 10.2. The number of hydrogen-bond acceptors (Lipinski definition) is 4. The number of rotatable bonds is 10. The fourth-order valence-corrected chi connectivity index (χ4v) is 5.83. The SMILES string of the molecule is CC(C)NC(=O)[C@@H](C)N(Cc1ccc(Br)cc1)C(=O)CN(c1cc(Cl)ccc1Cl)S(=O)(=O)c1ccccc1. The lowest BCUT2D eigenvalue weighted by Gasteiger charge is -2.32. The van der Waals surface area contributed by atoms with Crippen LogP contribution in [0, 0.1) is 0 Å². The van der Waals surface area contributed by atoms with Gasteiger partial charge in [-0.2, -0.15) is 0 Å². The molecule has 0 aromatic heterocycles. The molecule has 7 nitrogen and oxygen atoms in total. The molecule has 3 aromatic rings. The van der Waals surface area contributed by atoms with E-state index in [4.69, 9.17) is 23.2 Å². The minimum Gasteiger partial charge on any atom is -0.352 e. The smallest absolute Gasteiger partial charge is 0.264 e. The predicted molar refractivity (Wildman–Crippen MR) is 155 cm³/mol. The summed E-state index contributed by atoms with van der Waals surface area (Å²) in [5.41, 5.74) is 0.822. The molecule has 2 amide bonds. The molecule has 1 atom stereocenters. The molecule has 0 spiro atoms. The van der Waals surface area contributed by atoms with Crippen molar-refractivity contribution in [3.8, 4) is 0 Å². The van der Waals surface area contributed by atoms with Crippen LogP contribution in [0.25, 0.3) is 0 Å². The second-order valence-electron chi connectivity index (χ2n) is 8.91. The van der Waals surface area contributed by atoms with Gasteiger partial charge in [0.05, 0.1) is 15.6 Å². The topological polar surface area (TPSA) is 86.8 Å². The average molecular weight is 641 g/mol. The van der Waals surface area contributed by atoms with E-state index in [0.29, 0.717) is 0 Å². The summed E-state index contributed by atoms with van der Waals surface area (Å²) in [4.78, 5) is 28.1. The van der Waals surface area contributed by atoms with E-state index in [0.717, 1.165) is 14.3 Å². The number of amides is 2. The van der Waals surface area contributed by atoms with E-state index < -0.39 is 28.5 Å². The zero-order valence-corrected chi connectivity index (χ0v) is 25.0. The van der Waals surface area contributed by atoms with Crippen LogP contribution in [0.5, 0.6) is 0 Å². The van der Waals surface area contributed by atoms with Crippen LogP contribution < -0.4 is 9.62 Å². The Bertz CT molecular complexity index is 1390. The standard InChI is InChI=1S/C27H28BrCl2N3O4S/c1-18(2)31-27(35)19(3)32(16-20-9-11-21(28)12-10-20)26(34)17-33(25-15-22(29)13-14-24(25)30)38(36,37)23-7-5-4-6-8-23/h4-15,18-19H,16-17H2,1-3H3,(H,31,35)/t19-/m1/s1. The lowest BCUT2D eigenvalue weighted by Crippen LogP contribution is -2.52. The molecule has 0 aliphatic rings. The molecule has 11 heteroatoms. The van der Waals surface area contributed by atoms with Crippen molar-refractivity contribution >= 4 is 66.7 Å². The van der Waals surface area contributed by atoms with Gasteiger partial charge in [-0.15, -0.1) is 0 Å². The highest BCUT2D eigenvalue weighted by molar-refractivity contribution is 9.10. The van der Waals surface area contributed by atoms with Crippen LogP contribution in [0.3, 0.4) is 0 Å². The first-order chi connectivity index (χ1) is 17.9. The second-order valence-corrected chi connectivity index (χ2v) is 12.5. The van der Waals surface area contributed by atoms with E-state index in [-0.39, 0.29) is 39.1 Å². The number of sulfonamides is 1. The van der Waals surface area contributed by atoms with E-state index in [1.165, 1.54) is 35.2 Å². The van der Waals surface area contributed by atoms with E-state index in [2.05, 4.69) is 21.2 Å². The van der Waals surface area contributed by atoms with Gasteiger partial charge in [-0.1, -0.05) is 69.5 Å². The van der Waals surface area contributed by atoms with Gasteiger partial charge in [-0.05, 0) is 68.8 Å². The normalized spacial score (nSPS) is 12.2. The maximum atomic E-state index is 13.9. The molecule has 0 saturated heterocycles. The van der Waals surface area contributed by atoms with E-state index in [9.17, 15) is 18.0 Å². The molecule has 1 N–H and O–H groups in total. The minimum absolute atomic E-state index is 0.0195. The Balaban J connectivity index is 2.06. The summed E-state index contributed by atoms with van der Waals surface area (Å²) in [5.74, 6) is -0.946. The highest BCUT2D eigenvalue weighted by Gasteiger charge is 2.33. The molecule has 0 aliphatic heterocycles. The number of hydrogen-bond donors (Lipinski definition) is 1. The van der Waals surface area contributed by atoms with Crippen LogP contribution in [0.1, 0.15) is 26.3 Å². The Morgan fingerprint density at radius 2 is 1.58 bits per heavy atom. The molecular formula is C27H28BrCl2N3O4S. The molecule has 0 fully saturated rings. The van der Waals surface area contributed by atoms with Gasteiger partial charge in [-0.3, -0.25) is 13.9 Å². The lowest BCUT2D eigenvalue weighted by atomic mass is 10.1. The van der Waals surface area contributed by atoms with Crippen molar-refractivity contribution in [3.05, 3.63) is 92.9 Å². The fraction of sp³-hybridized carbons (Fsp3) is 0.259. The highest BCUT2D eigenvalue weighted by atomic mass is 79.9. The summed E-state index contributed by atoms with van der Waals surface area (Å²) in [7, 11) is -4.23. The number of nitrogens with one attached hydrogen (secondary N) is 1. The van der Waals surface area contributed by atoms with Crippen LogP contribution in [0.4, 0.5) is 5.69 Å². The van der Waals surface area contributed by atoms with Crippen LogP contribution in [-0.4, -0.2) is 43.8 Å². The van der Waals surface area contributed by atoms with Gasteiger partial charge in [0, 0.05) is 22.1 Å². The van der Waals surface area contributed by atoms with E-state index in [1.807, 2.05) is 38.1 Å². The van der Waals surface area contributed by atoms with Crippen LogP contribution in [0.2, 0.25) is 10.0 Å². The Labute approximate surface area is 241 Å². The zero-order valence-electron chi connectivity index (χ0n) is 21.1. The van der Waals surface area contributed by atoms with Crippen LogP contribution in [0.15, 0.2) is 82.2 Å². The molecule has 0 bridgehead atoms. The van der Waals surface area contributed by atoms with Crippen molar-refractivity contribution in [2.24, 2.45) is 0 Å². The maximum Gasteiger partial charge on any atom is 0.264 e. The quantitative estimate of drug-likeness (QED) is 0.299. The van der Waals surface area contributed by atoms with Crippen molar-refractivity contribution in [1.29, 1.82) is 0 Å². The van der Waals surface area contributed by atoms with Gasteiger partial charge < -0.3 is 10.2 Å². The summed E-state index contributed by atoms with van der Waals surface area (Å²) in [6.45, 7) is 4.73. The van der Waals surface area contributed by atoms with Crippen molar-refractivity contribution in [2.75, 3.05) is 10.8 Å². The summed E-state index contributed by atoms with van der Waals surface area (Å²) in [6.07, 6.45) is 0. The molecule has 0 heterocycles. The summed E-state index contributed by atoms with van der Waals surface area (Å²) >= 11 is 16.0. The molecule has 0 radical (unpaired) electrons. The third kappa shape index (κ3) is 7.50. The Morgan fingerprint density at radius 3 is 2.18 bits per heavy atom. The molecule has 0 aliphatic carbocycles. The highest BCUT2D eigenvalue weighted by Crippen LogP contribution is 2.33. The van der Waals surface area contributed by atoms with Gasteiger partial charge in [0.25, 0.3) is 10.0 Å². The Morgan fingerprint density at radius 1 is 0.947 bits per heavy atom. The van der Waals surface area contributed by atoms with Crippen molar-refractivity contribution in [2.45, 2.75) is 44.3 Å². The number of carbonyl (C=O) groups excluding carboxylic acids is 2. The molecular weight excluding hydrogens is 613 g/mol. The largest absolute Gasteiger partial charge is 0.352 e. The lowest BCUT2D eigenvalue weighted by molar-refractivity contribution is -0.139. The number of benzene rings is 3. The average Bonchev–Trinajstić information content (AvgIpc) is 2.88. The molecule has 202 valence electrons. The molecule has 3 rings (SSSR count). The van der Waals surface area contributed by atoms with Crippen molar-refractivity contribution in [1.82, 2.24) is 10.2 Å². The number of halogens is 3. The van der Waals surface area contributed by atoms with Gasteiger partial charge in [0.1, 0.15) is 12.6 Å². The minimum atomic E-state index is -4.23. The van der Waals surface area contributed by atoms with Crippen molar-refractivity contribution in [3.63, 3.8) is 0 Å². The molecule has 0 saturated carbocycles. The maximum absolute atomic E-state index is 13.9. The summed E-state index contributed by atoms with van der Waals surface area (Å²) in [5, 5.41) is 3.17. The number of anilines is 1. The third-order valence-electron chi connectivity index (χ3n) is 5.65.